The van der Waals surface area contributed by atoms with Crippen molar-refractivity contribution in [3.8, 4) is 0 Å². The Balaban J connectivity index is 1.83. The van der Waals surface area contributed by atoms with Crippen LogP contribution in [0, 0.1) is 5.92 Å². The van der Waals surface area contributed by atoms with E-state index in [4.69, 9.17) is 13.9 Å². The molecule has 7 heteroatoms. The molecule has 0 saturated carbocycles. The summed E-state index contributed by atoms with van der Waals surface area (Å²) in [5.41, 5.74) is 0. The summed E-state index contributed by atoms with van der Waals surface area (Å²) in [6, 6.07) is 0. The van der Waals surface area contributed by atoms with E-state index in [-0.39, 0.29) is 5.89 Å². The zero-order valence-corrected chi connectivity index (χ0v) is 10.4. The van der Waals surface area contributed by atoms with Gasteiger partial charge in [0, 0.05) is 12.4 Å². The van der Waals surface area contributed by atoms with Crippen molar-refractivity contribution in [1.29, 1.82) is 0 Å². The summed E-state index contributed by atoms with van der Waals surface area (Å²) in [4.78, 5) is 11.3. The highest BCUT2D eigenvalue weighted by atomic mass is 32.2. The van der Waals surface area contributed by atoms with E-state index in [9.17, 15) is 4.79 Å². The lowest BCUT2D eigenvalue weighted by Gasteiger charge is -2.02. The van der Waals surface area contributed by atoms with Gasteiger partial charge in [-0.25, -0.2) is 4.79 Å². The van der Waals surface area contributed by atoms with Crippen molar-refractivity contribution in [3.05, 3.63) is 5.89 Å². The highest BCUT2D eigenvalue weighted by Crippen LogP contribution is 2.23. The quantitative estimate of drug-likeness (QED) is 0.583. The van der Waals surface area contributed by atoms with E-state index >= 15 is 0 Å². The smallest absolute Gasteiger partial charge is 0.396 e. The van der Waals surface area contributed by atoms with E-state index in [2.05, 4.69) is 10.2 Å². The second-order valence-electron chi connectivity index (χ2n) is 3.63. The van der Waals surface area contributed by atoms with Gasteiger partial charge < -0.3 is 13.9 Å². The first-order chi connectivity index (χ1) is 8.29. The summed E-state index contributed by atoms with van der Waals surface area (Å²) in [5.74, 6) is 0.732. The summed E-state index contributed by atoms with van der Waals surface area (Å²) >= 11 is 1.45. The summed E-state index contributed by atoms with van der Waals surface area (Å²) in [7, 11) is 0. The minimum Gasteiger partial charge on any atom is -0.459 e. The molecular formula is C10H14N2O4S. The number of esters is 1. The predicted octanol–water partition coefficient (Wildman–Crippen LogP) is 1.37. The van der Waals surface area contributed by atoms with Crippen molar-refractivity contribution in [3.63, 3.8) is 0 Å². The maximum absolute atomic E-state index is 11.3. The number of rotatable bonds is 5. The van der Waals surface area contributed by atoms with Gasteiger partial charge in [0.2, 0.25) is 0 Å². The van der Waals surface area contributed by atoms with Crippen molar-refractivity contribution < 1.29 is 18.7 Å². The van der Waals surface area contributed by atoms with Gasteiger partial charge in [0.25, 0.3) is 5.22 Å². The van der Waals surface area contributed by atoms with Crippen LogP contribution in [0.2, 0.25) is 0 Å². The van der Waals surface area contributed by atoms with Crippen molar-refractivity contribution >= 4 is 17.7 Å². The first-order valence-electron chi connectivity index (χ1n) is 5.50. The van der Waals surface area contributed by atoms with Gasteiger partial charge in [-0.05, 0) is 19.3 Å². The standard InChI is InChI=1S/C10H14N2O4S/c1-2-15-9(13)8-11-12-10(16-8)17-6-7-3-4-14-5-7/h7H,2-6H2,1H3. The molecule has 1 aromatic rings. The molecule has 0 amide bonds. The molecule has 1 aromatic heterocycles. The zero-order chi connectivity index (χ0) is 12.1. The maximum Gasteiger partial charge on any atom is 0.396 e. The third-order valence-electron chi connectivity index (χ3n) is 2.32. The van der Waals surface area contributed by atoms with Crippen molar-refractivity contribution in [2.45, 2.75) is 18.6 Å². The number of ether oxygens (including phenoxy) is 2. The molecule has 0 N–H and O–H groups in total. The average molecular weight is 258 g/mol. The Labute approximate surface area is 103 Å². The number of thioether (sulfide) groups is 1. The van der Waals surface area contributed by atoms with E-state index in [1.807, 2.05) is 0 Å². The Kier molecular flexibility index (Phi) is 4.38. The molecule has 0 aromatic carbocycles. The Morgan fingerprint density at radius 3 is 3.18 bits per heavy atom. The summed E-state index contributed by atoms with van der Waals surface area (Å²) in [6.07, 6.45) is 1.06. The Morgan fingerprint density at radius 2 is 2.47 bits per heavy atom. The molecule has 2 heterocycles. The summed E-state index contributed by atoms with van der Waals surface area (Å²) < 4.78 is 15.2. The van der Waals surface area contributed by atoms with Crippen LogP contribution < -0.4 is 0 Å². The van der Waals surface area contributed by atoms with Gasteiger partial charge in [0.05, 0.1) is 13.2 Å². The van der Waals surface area contributed by atoms with Gasteiger partial charge in [-0.2, -0.15) is 0 Å². The molecule has 1 fully saturated rings. The van der Waals surface area contributed by atoms with Gasteiger partial charge in [0.15, 0.2) is 0 Å². The molecule has 94 valence electrons. The fourth-order valence-electron chi connectivity index (χ4n) is 1.45. The van der Waals surface area contributed by atoms with Crippen LogP contribution in [-0.2, 0) is 9.47 Å². The van der Waals surface area contributed by atoms with Crippen LogP contribution in [0.25, 0.3) is 0 Å². The van der Waals surface area contributed by atoms with Crippen molar-refractivity contribution in [2.24, 2.45) is 5.92 Å². The number of hydrogen-bond acceptors (Lipinski definition) is 7. The second kappa shape index (κ2) is 6.02. The first kappa shape index (κ1) is 12.4. The minimum atomic E-state index is -0.573. The van der Waals surface area contributed by atoms with Gasteiger partial charge >= 0.3 is 11.9 Å². The molecule has 1 saturated heterocycles. The van der Waals surface area contributed by atoms with Crippen LogP contribution in [0.5, 0.6) is 0 Å². The fourth-order valence-corrected chi connectivity index (χ4v) is 2.32. The lowest BCUT2D eigenvalue weighted by Crippen LogP contribution is -2.04. The molecule has 17 heavy (non-hydrogen) atoms. The van der Waals surface area contributed by atoms with Crippen molar-refractivity contribution in [2.75, 3.05) is 25.6 Å². The number of aromatic nitrogens is 2. The third kappa shape index (κ3) is 3.44. The number of hydrogen-bond donors (Lipinski definition) is 0. The molecule has 1 aliphatic rings. The fraction of sp³-hybridized carbons (Fsp3) is 0.700. The normalized spacial score (nSPS) is 19.5. The van der Waals surface area contributed by atoms with Crippen molar-refractivity contribution in [1.82, 2.24) is 10.2 Å². The maximum atomic E-state index is 11.3. The molecule has 0 spiro atoms. The SMILES string of the molecule is CCOC(=O)c1nnc(SCC2CCOC2)o1. The Hall–Kier alpha value is -1.08. The van der Waals surface area contributed by atoms with Crippen LogP contribution in [0.15, 0.2) is 9.64 Å². The molecule has 1 aliphatic heterocycles. The monoisotopic (exact) mass is 258 g/mol. The molecule has 1 atom stereocenters. The molecule has 0 aliphatic carbocycles. The summed E-state index contributed by atoms with van der Waals surface area (Å²) in [5, 5.41) is 7.82. The van der Waals surface area contributed by atoms with Crippen LogP contribution >= 0.6 is 11.8 Å². The van der Waals surface area contributed by atoms with E-state index in [0.29, 0.717) is 17.7 Å². The average Bonchev–Trinajstić information content (AvgIpc) is 2.98. The van der Waals surface area contributed by atoms with Crippen LogP contribution in [0.3, 0.4) is 0 Å². The van der Waals surface area contributed by atoms with Crippen LogP contribution in [0.4, 0.5) is 0 Å². The lowest BCUT2D eigenvalue weighted by atomic mass is 10.2. The minimum absolute atomic E-state index is 0.0861. The largest absolute Gasteiger partial charge is 0.459 e. The van der Waals surface area contributed by atoms with Gasteiger partial charge in [-0.1, -0.05) is 16.9 Å². The molecular weight excluding hydrogens is 244 g/mol. The molecule has 6 nitrogen and oxygen atoms in total. The molecule has 0 radical (unpaired) electrons. The lowest BCUT2D eigenvalue weighted by molar-refractivity contribution is 0.0475. The molecule has 2 rings (SSSR count). The van der Waals surface area contributed by atoms with Gasteiger partial charge in [0.1, 0.15) is 0 Å². The summed E-state index contributed by atoms with van der Waals surface area (Å²) in [6.45, 7) is 3.63. The highest BCUT2D eigenvalue weighted by molar-refractivity contribution is 7.99. The first-order valence-corrected chi connectivity index (χ1v) is 6.49. The van der Waals surface area contributed by atoms with Crippen LogP contribution in [0.1, 0.15) is 24.0 Å². The Morgan fingerprint density at radius 1 is 1.59 bits per heavy atom. The van der Waals surface area contributed by atoms with E-state index in [1.165, 1.54) is 11.8 Å². The predicted molar refractivity (Wildman–Crippen MR) is 59.9 cm³/mol. The number of carbonyl (C=O) groups excluding carboxylic acids is 1. The van der Waals surface area contributed by atoms with E-state index < -0.39 is 5.97 Å². The van der Waals surface area contributed by atoms with E-state index in [1.54, 1.807) is 6.92 Å². The topological polar surface area (TPSA) is 74.5 Å². The molecule has 0 bridgehead atoms. The van der Waals surface area contributed by atoms with Gasteiger partial charge in [-0.3, -0.25) is 0 Å². The Bertz CT molecular complexity index is 376. The molecule has 1 unspecified atom stereocenters. The number of carbonyl (C=O) groups is 1. The zero-order valence-electron chi connectivity index (χ0n) is 9.55. The van der Waals surface area contributed by atoms with Gasteiger partial charge in [-0.15, -0.1) is 5.10 Å². The van der Waals surface area contributed by atoms with E-state index in [0.717, 1.165) is 25.4 Å². The highest BCUT2D eigenvalue weighted by Gasteiger charge is 2.19. The second-order valence-corrected chi connectivity index (χ2v) is 4.61. The third-order valence-corrected chi connectivity index (χ3v) is 3.37. The van der Waals surface area contributed by atoms with Crippen LogP contribution in [-0.4, -0.2) is 41.7 Å². The number of nitrogens with zero attached hydrogens (tertiary/aromatic N) is 2.